The van der Waals surface area contributed by atoms with Crippen molar-refractivity contribution in [2.24, 2.45) is 0 Å². The van der Waals surface area contributed by atoms with E-state index in [0.717, 1.165) is 38.4 Å². The number of hydrogen-bond acceptors (Lipinski definition) is 4. The second kappa shape index (κ2) is 10.1. The van der Waals surface area contributed by atoms with Crippen LogP contribution in [0.5, 0.6) is 0 Å². The lowest BCUT2D eigenvalue weighted by atomic mass is 10.2. The summed E-state index contributed by atoms with van der Waals surface area (Å²) in [6.45, 7) is 5.10. The predicted octanol–water partition coefficient (Wildman–Crippen LogP) is 2.43. The summed E-state index contributed by atoms with van der Waals surface area (Å²) >= 11 is 5.95. The van der Waals surface area contributed by atoms with E-state index in [0.29, 0.717) is 24.5 Å². The molecule has 1 heterocycles. The third-order valence-corrected chi connectivity index (χ3v) is 4.10. The van der Waals surface area contributed by atoms with Crippen LogP contribution in [0.3, 0.4) is 0 Å². The Morgan fingerprint density at radius 2 is 2.17 bits per heavy atom. The summed E-state index contributed by atoms with van der Waals surface area (Å²) in [6, 6.07) is 9.44. The highest BCUT2D eigenvalue weighted by molar-refractivity contribution is 6.30. The molecule has 1 amide bonds. The first-order chi connectivity index (χ1) is 11.7. The number of nitrogens with zero attached hydrogens (tertiary/aromatic N) is 3. The fourth-order valence-corrected chi connectivity index (χ4v) is 2.69. The van der Waals surface area contributed by atoms with Gasteiger partial charge in [-0.25, -0.2) is 0 Å². The van der Waals surface area contributed by atoms with Crippen molar-refractivity contribution in [2.45, 2.75) is 6.42 Å². The summed E-state index contributed by atoms with van der Waals surface area (Å²) in [7, 11) is 0. The molecule has 0 aliphatic carbocycles. The Morgan fingerprint density at radius 3 is 2.88 bits per heavy atom. The van der Waals surface area contributed by atoms with Gasteiger partial charge in [0.25, 0.3) is 0 Å². The SMILES string of the molecule is N#CCCN(CCN1CCOCC1)C(=O)C=Cc1cccc(Cl)c1. The Kier molecular flexibility index (Phi) is 7.76. The Hall–Kier alpha value is -1.87. The molecule has 1 saturated heterocycles. The van der Waals surface area contributed by atoms with E-state index >= 15 is 0 Å². The van der Waals surface area contributed by atoms with Gasteiger partial charge in [0.1, 0.15) is 0 Å². The molecule has 0 spiro atoms. The quantitative estimate of drug-likeness (QED) is 0.711. The summed E-state index contributed by atoms with van der Waals surface area (Å²) in [4.78, 5) is 16.4. The fraction of sp³-hybridized carbons (Fsp3) is 0.444. The third-order valence-electron chi connectivity index (χ3n) is 3.86. The van der Waals surface area contributed by atoms with Crippen LogP contribution in [0.15, 0.2) is 30.3 Å². The molecule has 0 saturated carbocycles. The third kappa shape index (κ3) is 6.32. The zero-order valence-corrected chi connectivity index (χ0v) is 14.4. The lowest BCUT2D eigenvalue weighted by molar-refractivity contribution is -0.126. The molecule has 24 heavy (non-hydrogen) atoms. The number of carbonyl (C=O) groups excluding carboxylic acids is 1. The highest BCUT2D eigenvalue weighted by Crippen LogP contribution is 2.12. The van der Waals surface area contributed by atoms with E-state index in [9.17, 15) is 4.79 Å². The highest BCUT2D eigenvalue weighted by atomic mass is 35.5. The number of benzene rings is 1. The molecular formula is C18H22ClN3O2. The zero-order chi connectivity index (χ0) is 17.2. The number of hydrogen-bond donors (Lipinski definition) is 0. The minimum atomic E-state index is -0.0847. The maximum Gasteiger partial charge on any atom is 0.246 e. The van der Waals surface area contributed by atoms with Crippen molar-refractivity contribution >= 4 is 23.6 Å². The normalized spacial score (nSPS) is 15.3. The maximum atomic E-state index is 12.4. The summed E-state index contributed by atoms with van der Waals surface area (Å²) in [5, 5.41) is 9.44. The van der Waals surface area contributed by atoms with Gasteiger partial charge in [-0.15, -0.1) is 0 Å². The molecular weight excluding hydrogens is 326 g/mol. The van der Waals surface area contributed by atoms with Crippen LogP contribution in [0, 0.1) is 11.3 Å². The molecule has 0 N–H and O–H groups in total. The second-order valence-corrected chi connectivity index (χ2v) is 6.01. The summed E-state index contributed by atoms with van der Waals surface area (Å²) in [5.74, 6) is -0.0847. The Labute approximate surface area is 148 Å². The minimum Gasteiger partial charge on any atom is -0.379 e. The van der Waals surface area contributed by atoms with Crippen LogP contribution < -0.4 is 0 Å². The van der Waals surface area contributed by atoms with E-state index in [1.165, 1.54) is 0 Å². The van der Waals surface area contributed by atoms with Crippen molar-refractivity contribution in [3.8, 4) is 6.07 Å². The van der Waals surface area contributed by atoms with Crippen molar-refractivity contribution in [3.05, 3.63) is 40.9 Å². The molecule has 1 aromatic rings. The molecule has 1 aliphatic rings. The first-order valence-corrected chi connectivity index (χ1v) is 8.46. The van der Waals surface area contributed by atoms with Gasteiger partial charge in [-0.1, -0.05) is 23.7 Å². The van der Waals surface area contributed by atoms with E-state index in [1.54, 1.807) is 29.2 Å². The minimum absolute atomic E-state index is 0.0847. The molecule has 1 fully saturated rings. The summed E-state index contributed by atoms with van der Waals surface area (Å²) < 4.78 is 5.33. The van der Waals surface area contributed by atoms with E-state index in [2.05, 4.69) is 11.0 Å². The number of halogens is 1. The van der Waals surface area contributed by atoms with Gasteiger partial charge in [0.05, 0.1) is 25.7 Å². The molecule has 5 nitrogen and oxygen atoms in total. The number of nitriles is 1. The van der Waals surface area contributed by atoms with Crippen LogP contribution in [0.4, 0.5) is 0 Å². The largest absolute Gasteiger partial charge is 0.379 e. The molecule has 6 heteroatoms. The monoisotopic (exact) mass is 347 g/mol. The van der Waals surface area contributed by atoms with Gasteiger partial charge in [0.15, 0.2) is 0 Å². The van der Waals surface area contributed by atoms with E-state index in [-0.39, 0.29) is 5.91 Å². The van der Waals surface area contributed by atoms with Gasteiger partial charge in [-0.05, 0) is 23.8 Å². The summed E-state index contributed by atoms with van der Waals surface area (Å²) in [6.07, 6.45) is 3.63. The Morgan fingerprint density at radius 1 is 1.38 bits per heavy atom. The van der Waals surface area contributed by atoms with Gasteiger partial charge in [0.2, 0.25) is 5.91 Å². The average Bonchev–Trinajstić information content (AvgIpc) is 2.61. The van der Waals surface area contributed by atoms with Crippen molar-refractivity contribution < 1.29 is 9.53 Å². The number of ether oxygens (including phenoxy) is 1. The predicted molar refractivity (Wildman–Crippen MR) is 94.6 cm³/mol. The molecule has 0 bridgehead atoms. The van der Waals surface area contributed by atoms with Crippen molar-refractivity contribution in [1.29, 1.82) is 5.26 Å². The van der Waals surface area contributed by atoms with Gasteiger partial charge in [-0.2, -0.15) is 5.26 Å². The average molecular weight is 348 g/mol. The number of rotatable bonds is 7. The Balaban J connectivity index is 1.92. The van der Waals surface area contributed by atoms with Gasteiger partial charge in [0, 0.05) is 43.8 Å². The fourth-order valence-electron chi connectivity index (χ4n) is 2.49. The summed E-state index contributed by atoms with van der Waals surface area (Å²) in [5.41, 5.74) is 0.879. The Bertz CT molecular complexity index is 607. The van der Waals surface area contributed by atoms with Crippen LogP contribution in [-0.4, -0.2) is 61.6 Å². The molecule has 0 aromatic heterocycles. The lowest BCUT2D eigenvalue weighted by Gasteiger charge is -2.29. The number of carbonyl (C=O) groups is 1. The molecule has 2 rings (SSSR count). The van der Waals surface area contributed by atoms with E-state index in [1.807, 2.05) is 12.1 Å². The van der Waals surface area contributed by atoms with Crippen molar-refractivity contribution in [1.82, 2.24) is 9.80 Å². The van der Waals surface area contributed by atoms with Crippen molar-refractivity contribution in [3.63, 3.8) is 0 Å². The van der Waals surface area contributed by atoms with Crippen molar-refractivity contribution in [2.75, 3.05) is 45.9 Å². The topological polar surface area (TPSA) is 56.6 Å². The first kappa shape index (κ1) is 18.5. The van der Waals surface area contributed by atoms with Gasteiger partial charge >= 0.3 is 0 Å². The van der Waals surface area contributed by atoms with Gasteiger partial charge < -0.3 is 9.64 Å². The smallest absolute Gasteiger partial charge is 0.246 e. The second-order valence-electron chi connectivity index (χ2n) is 5.58. The van der Waals surface area contributed by atoms with E-state index in [4.69, 9.17) is 21.6 Å². The number of amides is 1. The van der Waals surface area contributed by atoms with E-state index < -0.39 is 0 Å². The molecule has 0 radical (unpaired) electrons. The number of morpholine rings is 1. The van der Waals surface area contributed by atoms with Crippen LogP contribution in [0.2, 0.25) is 5.02 Å². The molecule has 1 aromatic carbocycles. The molecule has 1 aliphatic heterocycles. The lowest BCUT2D eigenvalue weighted by Crippen LogP contribution is -2.43. The molecule has 0 unspecified atom stereocenters. The van der Waals surface area contributed by atoms with Crippen LogP contribution in [0.25, 0.3) is 6.08 Å². The molecule has 128 valence electrons. The standard InChI is InChI=1S/C18H22ClN3O2/c19-17-4-1-3-16(15-17)5-6-18(23)22(8-2-7-20)10-9-21-11-13-24-14-12-21/h1,3-6,15H,2,8-14H2. The first-order valence-electron chi connectivity index (χ1n) is 8.08. The van der Waals surface area contributed by atoms with Crippen LogP contribution in [0.1, 0.15) is 12.0 Å². The van der Waals surface area contributed by atoms with Gasteiger partial charge in [-0.3, -0.25) is 9.69 Å². The van der Waals surface area contributed by atoms with Crippen LogP contribution >= 0.6 is 11.6 Å². The highest BCUT2D eigenvalue weighted by Gasteiger charge is 2.14. The molecule has 0 atom stereocenters. The zero-order valence-electron chi connectivity index (χ0n) is 13.7. The van der Waals surface area contributed by atoms with Crippen LogP contribution in [-0.2, 0) is 9.53 Å². The maximum absolute atomic E-state index is 12.4.